The van der Waals surface area contributed by atoms with E-state index in [9.17, 15) is 5.11 Å². The summed E-state index contributed by atoms with van der Waals surface area (Å²) in [6.07, 6.45) is 4.68. The van der Waals surface area contributed by atoms with E-state index in [1.54, 1.807) is 6.20 Å². The number of hydrogen-bond acceptors (Lipinski definition) is 5. The Kier molecular flexibility index (Phi) is 8.35. The van der Waals surface area contributed by atoms with Crippen molar-refractivity contribution in [3.8, 4) is 5.75 Å². The van der Waals surface area contributed by atoms with Crippen molar-refractivity contribution in [3.63, 3.8) is 0 Å². The van der Waals surface area contributed by atoms with E-state index in [0.29, 0.717) is 36.5 Å². The van der Waals surface area contributed by atoms with Crippen LogP contribution in [0.15, 0.2) is 36.5 Å². The smallest absolute Gasteiger partial charge is 0.179 e. The monoisotopic (exact) mass is 357 g/mol. The van der Waals surface area contributed by atoms with Crippen LogP contribution in [-0.4, -0.2) is 34.8 Å². The number of hydrogen-bond donors (Lipinski definition) is 2. The van der Waals surface area contributed by atoms with Crippen LogP contribution in [-0.2, 0) is 6.42 Å². The molecule has 0 radical (unpaired) electrons. The summed E-state index contributed by atoms with van der Waals surface area (Å²) in [5.74, 6) is 2.73. The van der Waals surface area contributed by atoms with Gasteiger partial charge in [0.05, 0.1) is 12.8 Å². The summed E-state index contributed by atoms with van der Waals surface area (Å²) in [6, 6.07) is 10.4. The van der Waals surface area contributed by atoms with E-state index in [1.807, 2.05) is 13.0 Å². The molecule has 5 nitrogen and oxygen atoms in total. The van der Waals surface area contributed by atoms with Gasteiger partial charge in [0, 0.05) is 19.1 Å². The second-order valence-electron chi connectivity index (χ2n) is 6.78. The first-order valence-electron chi connectivity index (χ1n) is 9.49. The lowest BCUT2D eigenvalue weighted by Crippen LogP contribution is -2.25. The fourth-order valence-corrected chi connectivity index (χ4v) is 2.80. The molecule has 5 heteroatoms. The van der Waals surface area contributed by atoms with Crippen LogP contribution in [0.3, 0.4) is 0 Å². The van der Waals surface area contributed by atoms with Gasteiger partial charge in [-0.3, -0.25) is 0 Å². The molecular formula is C21H31N3O2. The van der Waals surface area contributed by atoms with Crippen LogP contribution in [0, 0.1) is 18.8 Å². The predicted molar refractivity (Wildman–Crippen MR) is 106 cm³/mol. The fraction of sp³-hybridized carbons (Fsp3) is 0.524. The average Bonchev–Trinajstić information content (AvgIpc) is 2.67. The number of rotatable bonds is 11. The number of nitrogens with zero attached hydrogens (tertiary/aromatic N) is 2. The van der Waals surface area contributed by atoms with Gasteiger partial charge in [-0.1, -0.05) is 50.6 Å². The molecule has 26 heavy (non-hydrogen) atoms. The topological polar surface area (TPSA) is 67.3 Å². The highest BCUT2D eigenvalue weighted by Crippen LogP contribution is 2.23. The molecule has 2 aromatic rings. The Balaban J connectivity index is 1.89. The Morgan fingerprint density at radius 3 is 2.69 bits per heavy atom. The van der Waals surface area contributed by atoms with Crippen LogP contribution in [0.25, 0.3) is 0 Å². The number of anilines is 1. The first kappa shape index (κ1) is 20.2. The molecule has 1 aromatic heterocycles. The highest BCUT2D eigenvalue weighted by molar-refractivity contribution is 5.48. The van der Waals surface area contributed by atoms with Crippen molar-refractivity contribution in [1.29, 1.82) is 0 Å². The molecule has 0 bridgehead atoms. The van der Waals surface area contributed by atoms with Gasteiger partial charge in [-0.05, 0) is 31.2 Å². The summed E-state index contributed by atoms with van der Waals surface area (Å²) in [4.78, 5) is 8.72. The molecule has 0 fully saturated rings. The number of aromatic nitrogens is 2. The van der Waals surface area contributed by atoms with E-state index in [1.165, 1.54) is 5.56 Å². The lowest BCUT2D eigenvalue weighted by atomic mass is 9.92. The summed E-state index contributed by atoms with van der Waals surface area (Å²) in [6.45, 7) is 7.62. The SMILES string of the molecule is CC[C@H](C)[C@@H](CO)CNc1nc(C)ncc1OCCCc1ccccc1. The first-order chi connectivity index (χ1) is 12.6. The number of nitrogens with one attached hydrogen (secondary N) is 1. The predicted octanol–water partition coefficient (Wildman–Crippen LogP) is 3.86. The molecular weight excluding hydrogens is 326 g/mol. The molecule has 142 valence electrons. The van der Waals surface area contributed by atoms with E-state index in [2.05, 4.69) is 53.4 Å². The van der Waals surface area contributed by atoms with Crippen molar-refractivity contribution in [2.75, 3.05) is 25.1 Å². The van der Waals surface area contributed by atoms with Gasteiger partial charge in [0.15, 0.2) is 11.6 Å². The minimum absolute atomic E-state index is 0.166. The zero-order chi connectivity index (χ0) is 18.8. The lowest BCUT2D eigenvalue weighted by Gasteiger charge is -2.22. The third-order valence-electron chi connectivity index (χ3n) is 4.80. The Morgan fingerprint density at radius 2 is 2.00 bits per heavy atom. The summed E-state index contributed by atoms with van der Waals surface area (Å²) < 4.78 is 5.92. The normalized spacial score (nSPS) is 13.2. The maximum Gasteiger partial charge on any atom is 0.179 e. The highest BCUT2D eigenvalue weighted by Gasteiger charge is 2.16. The molecule has 2 atom stereocenters. The van der Waals surface area contributed by atoms with Crippen LogP contribution in [0.4, 0.5) is 5.82 Å². The summed E-state index contributed by atoms with van der Waals surface area (Å²) in [5, 5.41) is 12.9. The van der Waals surface area contributed by atoms with Gasteiger partial charge in [0.2, 0.25) is 0 Å². The van der Waals surface area contributed by atoms with Gasteiger partial charge in [0.25, 0.3) is 0 Å². The van der Waals surface area contributed by atoms with Gasteiger partial charge in [-0.2, -0.15) is 0 Å². The molecule has 2 N–H and O–H groups in total. The number of aliphatic hydroxyl groups excluding tert-OH is 1. The molecule has 0 aliphatic rings. The summed E-state index contributed by atoms with van der Waals surface area (Å²) in [7, 11) is 0. The van der Waals surface area contributed by atoms with E-state index >= 15 is 0 Å². The summed E-state index contributed by atoms with van der Waals surface area (Å²) in [5.41, 5.74) is 1.31. The third kappa shape index (κ3) is 6.30. The van der Waals surface area contributed by atoms with E-state index in [-0.39, 0.29) is 12.5 Å². The number of aliphatic hydroxyl groups is 1. The molecule has 1 aromatic carbocycles. The van der Waals surface area contributed by atoms with Crippen LogP contribution in [0.2, 0.25) is 0 Å². The zero-order valence-electron chi connectivity index (χ0n) is 16.1. The molecule has 0 saturated heterocycles. The van der Waals surface area contributed by atoms with Gasteiger partial charge in [-0.25, -0.2) is 9.97 Å². The molecule has 0 spiro atoms. The number of aryl methyl sites for hydroxylation is 2. The standard InChI is InChI=1S/C21H31N3O2/c1-4-16(2)19(15-25)13-23-21-20(14-22-17(3)24-21)26-12-8-11-18-9-6-5-7-10-18/h5-7,9-10,14,16,19,25H,4,8,11-13,15H2,1-3H3,(H,22,23,24)/t16-,19+/m0/s1. The third-order valence-corrected chi connectivity index (χ3v) is 4.80. The molecule has 0 amide bonds. The van der Waals surface area contributed by atoms with Crippen molar-refractivity contribution in [3.05, 3.63) is 47.9 Å². The minimum Gasteiger partial charge on any atom is -0.488 e. The molecule has 1 heterocycles. The van der Waals surface area contributed by atoms with Gasteiger partial charge in [-0.15, -0.1) is 0 Å². The molecule has 2 rings (SSSR count). The Labute approximate surface area is 156 Å². The van der Waals surface area contributed by atoms with E-state index < -0.39 is 0 Å². The minimum atomic E-state index is 0.166. The number of ether oxygens (including phenoxy) is 1. The van der Waals surface area contributed by atoms with E-state index in [0.717, 1.165) is 19.3 Å². The van der Waals surface area contributed by atoms with Crippen molar-refractivity contribution in [2.45, 2.75) is 40.0 Å². The molecule has 0 aliphatic carbocycles. The first-order valence-corrected chi connectivity index (χ1v) is 9.49. The lowest BCUT2D eigenvalue weighted by molar-refractivity contribution is 0.188. The largest absolute Gasteiger partial charge is 0.488 e. The van der Waals surface area contributed by atoms with Crippen molar-refractivity contribution in [1.82, 2.24) is 9.97 Å². The van der Waals surface area contributed by atoms with Crippen molar-refractivity contribution >= 4 is 5.82 Å². The van der Waals surface area contributed by atoms with E-state index in [4.69, 9.17) is 4.74 Å². The maximum atomic E-state index is 9.61. The van der Waals surface area contributed by atoms with Crippen molar-refractivity contribution in [2.24, 2.45) is 11.8 Å². The zero-order valence-corrected chi connectivity index (χ0v) is 16.1. The van der Waals surface area contributed by atoms with Crippen LogP contribution in [0.1, 0.15) is 38.1 Å². The molecule has 0 saturated carbocycles. The Bertz CT molecular complexity index is 649. The van der Waals surface area contributed by atoms with Crippen LogP contribution in [0.5, 0.6) is 5.75 Å². The fourth-order valence-electron chi connectivity index (χ4n) is 2.80. The van der Waals surface area contributed by atoms with Gasteiger partial charge in [0.1, 0.15) is 5.82 Å². The Morgan fingerprint density at radius 1 is 1.23 bits per heavy atom. The number of benzene rings is 1. The van der Waals surface area contributed by atoms with Gasteiger partial charge < -0.3 is 15.2 Å². The molecule has 0 unspecified atom stereocenters. The second-order valence-corrected chi connectivity index (χ2v) is 6.78. The quantitative estimate of drug-likeness (QED) is 0.598. The summed E-state index contributed by atoms with van der Waals surface area (Å²) >= 11 is 0. The van der Waals surface area contributed by atoms with Crippen LogP contribution < -0.4 is 10.1 Å². The second kappa shape index (κ2) is 10.8. The van der Waals surface area contributed by atoms with Gasteiger partial charge >= 0.3 is 0 Å². The van der Waals surface area contributed by atoms with Crippen LogP contribution >= 0.6 is 0 Å². The van der Waals surface area contributed by atoms with Crippen molar-refractivity contribution < 1.29 is 9.84 Å². The average molecular weight is 357 g/mol. The molecule has 0 aliphatic heterocycles. The maximum absolute atomic E-state index is 9.61. The Hall–Kier alpha value is -2.14. The highest BCUT2D eigenvalue weighted by atomic mass is 16.5.